The van der Waals surface area contributed by atoms with Gasteiger partial charge < -0.3 is 19.4 Å². The van der Waals surface area contributed by atoms with E-state index in [9.17, 15) is 9.59 Å². The summed E-state index contributed by atoms with van der Waals surface area (Å²) >= 11 is 0. The summed E-state index contributed by atoms with van der Waals surface area (Å²) in [6, 6.07) is 21.2. The SMILES string of the molecule is COc1ccc(C(=O)N2CCCC(c3cccc(C(=O)N4CCN(c5ccccn5)CC4)c3)C2)cc1. The van der Waals surface area contributed by atoms with Crippen molar-refractivity contribution >= 4 is 17.6 Å². The van der Waals surface area contributed by atoms with Crippen molar-refractivity contribution in [2.75, 3.05) is 51.3 Å². The van der Waals surface area contributed by atoms with Crippen molar-refractivity contribution in [1.29, 1.82) is 0 Å². The molecule has 2 aromatic carbocycles. The summed E-state index contributed by atoms with van der Waals surface area (Å²) < 4.78 is 5.21. The molecule has 186 valence electrons. The first kappa shape index (κ1) is 23.9. The monoisotopic (exact) mass is 484 g/mol. The number of methoxy groups -OCH3 is 1. The Kier molecular flexibility index (Phi) is 7.16. The Balaban J connectivity index is 1.23. The minimum atomic E-state index is 0.0420. The number of carbonyl (C=O) groups excluding carboxylic acids is 2. The van der Waals surface area contributed by atoms with Crippen LogP contribution in [-0.2, 0) is 0 Å². The number of hydrogen-bond acceptors (Lipinski definition) is 5. The van der Waals surface area contributed by atoms with Crippen LogP contribution in [0.4, 0.5) is 5.82 Å². The number of piperidine rings is 1. The van der Waals surface area contributed by atoms with Gasteiger partial charge in [-0.1, -0.05) is 18.2 Å². The predicted molar refractivity (Wildman–Crippen MR) is 140 cm³/mol. The molecule has 1 unspecified atom stereocenters. The van der Waals surface area contributed by atoms with Gasteiger partial charge in [0.05, 0.1) is 7.11 Å². The summed E-state index contributed by atoms with van der Waals surface area (Å²) in [7, 11) is 1.62. The van der Waals surface area contributed by atoms with Crippen LogP contribution in [0.3, 0.4) is 0 Å². The zero-order valence-electron chi connectivity index (χ0n) is 20.7. The first-order valence-corrected chi connectivity index (χ1v) is 12.6. The van der Waals surface area contributed by atoms with E-state index in [1.54, 1.807) is 13.3 Å². The Morgan fingerprint density at radius 2 is 1.61 bits per heavy atom. The van der Waals surface area contributed by atoms with Gasteiger partial charge in [0.2, 0.25) is 0 Å². The Bertz CT molecular complexity index is 1190. The molecule has 36 heavy (non-hydrogen) atoms. The summed E-state index contributed by atoms with van der Waals surface area (Å²) in [5.74, 6) is 2.02. The van der Waals surface area contributed by atoms with Crippen LogP contribution in [0.2, 0.25) is 0 Å². The van der Waals surface area contributed by atoms with E-state index in [0.29, 0.717) is 25.2 Å². The quantitative estimate of drug-likeness (QED) is 0.546. The Hall–Kier alpha value is -3.87. The largest absolute Gasteiger partial charge is 0.497 e. The van der Waals surface area contributed by atoms with E-state index in [-0.39, 0.29) is 17.7 Å². The second-order valence-corrected chi connectivity index (χ2v) is 9.41. The van der Waals surface area contributed by atoms with Gasteiger partial charge >= 0.3 is 0 Å². The maximum atomic E-state index is 13.3. The van der Waals surface area contributed by atoms with E-state index < -0.39 is 0 Å². The summed E-state index contributed by atoms with van der Waals surface area (Å²) in [5, 5.41) is 0. The maximum absolute atomic E-state index is 13.3. The molecule has 1 aromatic heterocycles. The van der Waals surface area contributed by atoms with Crippen LogP contribution in [0.25, 0.3) is 0 Å². The maximum Gasteiger partial charge on any atom is 0.253 e. The van der Waals surface area contributed by atoms with Crippen molar-refractivity contribution < 1.29 is 14.3 Å². The lowest BCUT2D eigenvalue weighted by molar-refractivity contribution is 0.0704. The molecule has 0 bridgehead atoms. The average molecular weight is 485 g/mol. The zero-order valence-corrected chi connectivity index (χ0v) is 20.7. The van der Waals surface area contributed by atoms with Crippen molar-refractivity contribution in [1.82, 2.24) is 14.8 Å². The number of nitrogens with zero attached hydrogens (tertiary/aromatic N) is 4. The third-order valence-corrected chi connectivity index (χ3v) is 7.19. The van der Waals surface area contributed by atoms with Crippen LogP contribution >= 0.6 is 0 Å². The van der Waals surface area contributed by atoms with Crippen LogP contribution in [-0.4, -0.2) is 73.0 Å². The molecule has 3 heterocycles. The number of pyridine rings is 1. The topological polar surface area (TPSA) is 66.0 Å². The molecule has 0 aliphatic carbocycles. The lowest BCUT2D eigenvalue weighted by Crippen LogP contribution is -2.49. The lowest BCUT2D eigenvalue weighted by atomic mass is 9.89. The molecule has 7 nitrogen and oxygen atoms in total. The number of rotatable bonds is 5. The highest BCUT2D eigenvalue weighted by atomic mass is 16.5. The normalized spacial score (nSPS) is 18.1. The highest BCUT2D eigenvalue weighted by Gasteiger charge is 2.27. The van der Waals surface area contributed by atoms with E-state index in [2.05, 4.69) is 16.0 Å². The summed E-state index contributed by atoms with van der Waals surface area (Å²) in [5.41, 5.74) is 2.52. The van der Waals surface area contributed by atoms with Gasteiger partial charge in [0.1, 0.15) is 11.6 Å². The van der Waals surface area contributed by atoms with Crippen LogP contribution in [0, 0.1) is 0 Å². The molecule has 0 N–H and O–H groups in total. The molecule has 2 amide bonds. The molecule has 1 atom stereocenters. The smallest absolute Gasteiger partial charge is 0.253 e. The minimum Gasteiger partial charge on any atom is -0.497 e. The lowest BCUT2D eigenvalue weighted by Gasteiger charge is -2.36. The van der Waals surface area contributed by atoms with Crippen molar-refractivity contribution in [2.45, 2.75) is 18.8 Å². The second kappa shape index (κ2) is 10.8. The van der Waals surface area contributed by atoms with Crippen molar-refractivity contribution in [2.24, 2.45) is 0 Å². The van der Waals surface area contributed by atoms with Gasteiger partial charge in [-0.15, -0.1) is 0 Å². The number of likely N-dealkylation sites (tertiary alicyclic amines) is 1. The Morgan fingerprint density at radius 1 is 0.833 bits per heavy atom. The number of benzene rings is 2. The molecule has 2 aliphatic rings. The molecular weight excluding hydrogens is 452 g/mol. The second-order valence-electron chi connectivity index (χ2n) is 9.41. The molecule has 3 aromatic rings. The predicted octanol–water partition coefficient (Wildman–Crippen LogP) is 4.07. The number of anilines is 1. The highest BCUT2D eigenvalue weighted by molar-refractivity contribution is 5.95. The molecular formula is C29H32N4O3. The number of hydrogen-bond donors (Lipinski definition) is 0. The van der Waals surface area contributed by atoms with Gasteiger partial charge in [0.15, 0.2) is 0 Å². The van der Waals surface area contributed by atoms with E-state index in [0.717, 1.165) is 55.2 Å². The fraction of sp³-hybridized carbons (Fsp3) is 0.345. The molecule has 2 fully saturated rings. The molecule has 7 heteroatoms. The van der Waals surface area contributed by atoms with Gasteiger partial charge in [0, 0.05) is 62.5 Å². The van der Waals surface area contributed by atoms with Crippen molar-refractivity contribution in [3.05, 3.63) is 89.6 Å². The van der Waals surface area contributed by atoms with E-state index in [4.69, 9.17) is 4.74 Å². The van der Waals surface area contributed by atoms with Crippen LogP contribution < -0.4 is 9.64 Å². The summed E-state index contributed by atoms with van der Waals surface area (Å²) in [6.45, 7) is 4.30. The fourth-order valence-corrected chi connectivity index (χ4v) is 5.14. The van der Waals surface area contributed by atoms with Gasteiger partial charge in [0.25, 0.3) is 11.8 Å². The standard InChI is InChI=1S/C29H32N4O3/c1-36-26-12-10-22(11-13-26)28(34)33-15-5-8-25(21-33)23-6-4-7-24(20-23)29(35)32-18-16-31(17-19-32)27-9-2-3-14-30-27/h2-4,6-7,9-14,20,25H,5,8,15-19,21H2,1H3. The average Bonchev–Trinajstić information content (AvgIpc) is 2.97. The van der Waals surface area contributed by atoms with Crippen molar-refractivity contribution in [3.63, 3.8) is 0 Å². The number of aromatic nitrogens is 1. The molecule has 2 aliphatic heterocycles. The van der Waals surface area contributed by atoms with Gasteiger partial charge in [-0.05, 0) is 66.9 Å². The number of ether oxygens (including phenoxy) is 1. The summed E-state index contributed by atoms with van der Waals surface area (Å²) in [6.07, 6.45) is 3.75. The van der Waals surface area contributed by atoms with E-state index in [1.165, 1.54) is 0 Å². The Labute approximate surface area is 212 Å². The van der Waals surface area contributed by atoms with Crippen LogP contribution in [0.1, 0.15) is 45.0 Å². The van der Waals surface area contributed by atoms with Gasteiger partial charge in [-0.25, -0.2) is 4.98 Å². The first-order valence-electron chi connectivity index (χ1n) is 12.6. The zero-order chi connectivity index (χ0) is 24.9. The number of amides is 2. The van der Waals surface area contributed by atoms with Crippen molar-refractivity contribution in [3.8, 4) is 5.75 Å². The summed E-state index contributed by atoms with van der Waals surface area (Å²) in [4.78, 5) is 36.9. The van der Waals surface area contributed by atoms with Gasteiger partial charge in [-0.2, -0.15) is 0 Å². The van der Waals surface area contributed by atoms with Crippen LogP contribution in [0.15, 0.2) is 72.9 Å². The van der Waals surface area contributed by atoms with E-state index >= 15 is 0 Å². The molecule has 5 rings (SSSR count). The Morgan fingerprint density at radius 3 is 2.33 bits per heavy atom. The molecule has 0 saturated carbocycles. The molecule has 0 radical (unpaired) electrons. The van der Waals surface area contributed by atoms with Crippen LogP contribution in [0.5, 0.6) is 5.75 Å². The minimum absolute atomic E-state index is 0.0420. The number of piperazine rings is 1. The third kappa shape index (κ3) is 5.20. The third-order valence-electron chi connectivity index (χ3n) is 7.19. The first-order chi connectivity index (χ1) is 17.6. The number of carbonyl (C=O) groups is 2. The van der Waals surface area contributed by atoms with Gasteiger partial charge in [-0.3, -0.25) is 9.59 Å². The van der Waals surface area contributed by atoms with E-state index in [1.807, 2.05) is 70.5 Å². The molecule has 2 saturated heterocycles. The highest BCUT2D eigenvalue weighted by Crippen LogP contribution is 2.29. The molecule has 0 spiro atoms. The fourth-order valence-electron chi connectivity index (χ4n) is 5.14.